The molecule has 0 bridgehead atoms. The van der Waals surface area contributed by atoms with Crippen molar-refractivity contribution in [2.75, 3.05) is 13.1 Å². The third kappa shape index (κ3) is 5.90. The van der Waals surface area contributed by atoms with E-state index in [2.05, 4.69) is 27.7 Å². The van der Waals surface area contributed by atoms with Gasteiger partial charge in [-0.3, -0.25) is 4.90 Å². The molecular weight excluding hydrogens is 369 g/mol. The van der Waals surface area contributed by atoms with Gasteiger partial charge in [0.1, 0.15) is 0 Å². The number of hydrogen-bond acceptors (Lipinski definition) is 2. The summed E-state index contributed by atoms with van der Waals surface area (Å²) in [6.45, 7) is 3.38. The lowest BCUT2D eigenvalue weighted by molar-refractivity contribution is 0.186. The monoisotopic (exact) mass is 391 g/mol. The Balaban J connectivity index is 1.37. The highest BCUT2D eigenvalue weighted by atomic mass is 35.5. The standard InChI is InChI=1S/C20H23Cl2N3O/c21-17-5-1-15(2-6-17)13-23-20(26)24-19-9-11-25(12-10-19)14-16-3-7-18(22)8-4-16/h1-8,19H,9-14H2,(H2,23,24,26). The molecule has 1 saturated heterocycles. The number of urea groups is 1. The van der Waals surface area contributed by atoms with Crippen molar-refractivity contribution in [3.05, 3.63) is 69.7 Å². The second-order valence-corrected chi connectivity index (χ2v) is 7.50. The number of nitrogens with one attached hydrogen (secondary N) is 2. The van der Waals surface area contributed by atoms with Crippen LogP contribution in [-0.2, 0) is 13.1 Å². The molecule has 2 N–H and O–H groups in total. The Hall–Kier alpha value is -1.75. The van der Waals surface area contributed by atoms with Crippen LogP contribution >= 0.6 is 23.2 Å². The number of carbonyl (C=O) groups is 1. The SMILES string of the molecule is O=C(NCc1ccc(Cl)cc1)NC1CCN(Cc2ccc(Cl)cc2)CC1. The Morgan fingerprint density at radius 2 is 1.46 bits per heavy atom. The average molecular weight is 392 g/mol. The van der Waals surface area contributed by atoms with Crippen LogP contribution in [0, 0.1) is 0 Å². The molecule has 1 heterocycles. The van der Waals surface area contributed by atoms with Gasteiger partial charge in [-0.25, -0.2) is 4.79 Å². The van der Waals surface area contributed by atoms with E-state index in [0.29, 0.717) is 11.6 Å². The number of rotatable bonds is 5. The normalized spacial score (nSPS) is 15.6. The molecule has 6 heteroatoms. The molecule has 2 amide bonds. The molecule has 0 radical (unpaired) electrons. The number of benzene rings is 2. The van der Waals surface area contributed by atoms with Crippen LogP contribution in [0.4, 0.5) is 4.79 Å². The summed E-state index contributed by atoms with van der Waals surface area (Å²) < 4.78 is 0. The van der Waals surface area contributed by atoms with E-state index in [9.17, 15) is 4.79 Å². The van der Waals surface area contributed by atoms with E-state index in [1.165, 1.54) is 5.56 Å². The van der Waals surface area contributed by atoms with Crippen molar-refractivity contribution in [1.82, 2.24) is 15.5 Å². The Bertz CT molecular complexity index is 711. The van der Waals surface area contributed by atoms with Gasteiger partial charge >= 0.3 is 6.03 Å². The van der Waals surface area contributed by atoms with Crippen LogP contribution in [-0.4, -0.2) is 30.1 Å². The number of carbonyl (C=O) groups excluding carboxylic acids is 1. The van der Waals surface area contributed by atoms with Gasteiger partial charge in [0.2, 0.25) is 0 Å². The van der Waals surface area contributed by atoms with Crippen molar-refractivity contribution in [2.45, 2.75) is 32.0 Å². The van der Waals surface area contributed by atoms with Crippen molar-refractivity contribution in [1.29, 1.82) is 0 Å². The molecule has 0 atom stereocenters. The van der Waals surface area contributed by atoms with E-state index in [-0.39, 0.29) is 12.1 Å². The van der Waals surface area contributed by atoms with Crippen molar-refractivity contribution in [2.24, 2.45) is 0 Å². The molecule has 0 unspecified atom stereocenters. The number of halogens is 2. The third-order valence-electron chi connectivity index (χ3n) is 4.61. The molecule has 0 aliphatic carbocycles. The third-order valence-corrected chi connectivity index (χ3v) is 5.11. The van der Waals surface area contributed by atoms with E-state index >= 15 is 0 Å². The fourth-order valence-electron chi connectivity index (χ4n) is 3.10. The van der Waals surface area contributed by atoms with Crippen LogP contribution in [0.2, 0.25) is 10.0 Å². The molecule has 1 aliphatic rings. The molecule has 1 aliphatic heterocycles. The van der Waals surface area contributed by atoms with Crippen LogP contribution in [0.5, 0.6) is 0 Å². The summed E-state index contributed by atoms with van der Waals surface area (Å²) in [7, 11) is 0. The summed E-state index contributed by atoms with van der Waals surface area (Å²) in [5.74, 6) is 0. The van der Waals surface area contributed by atoms with Gasteiger partial charge in [-0.2, -0.15) is 0 Å². The minimum absolute atomic E-state index is 0.115. The van der Waals surface area contributed by atoms with Crippen LogP contribution < -0.4 is 10.6 Å². The molecule has 3 rings (SSSR count). The van der Waals surface area contributed by atoms with Gasteiger partial charge in [-0.15, -0.1) is 0 Å². The maximum atomic E-state index is 12.1. The summed E-state index contributed by atoms with van der Waals surface area (Å²) in [5, 5.41) is 7.44. The summed E-state index contributed by atoms with van der Waals surface area (Å²) in [5.41, 5.74) is 2.30. The van der Waals surface area contributed by atoms with Crippen LogP contribution in [0.1, 0.15) is 24.0 Å². The fraction of sp³-hybridized carbons (Fsp3) is 0.350. The first-order chi connectivity index (χ1) is 12.6. The Kier molecular flexibility index (Phi) is 6.78. The number of likely N-dealkylation sites (tertiary alicyclic amines) is 1. The average Bonchev–Trinajstić information content (AvgIpc) is 2.65. The van der Waals surface area contributed by atoms with Crippen LogP contribution in [0.15, 0.2) is 48.5 Å². The highest BCUT2D eigenvalue weighted by Crippen LogP contribution is 2.16. The Morgan fingerprint density at radius 1 is 0.923 bits per heavy atom. The summed E-state index contributed by atoms with van der Waals surface area (Å²) in [6, 6.07) is 15.6. The highest BCUT2D eigenvalue weighted by molar-refractivity contribution is 6.30. The first-order valence-corrected chi connectivity index (χ1v) is 9.60. The van der Waals surface area contributed by atoms with Gasteiger partial charge < -0.3 is 10.6 Å². The second kappa shape index (κ2) is 9.26. The van der Waals surface area contributed by atoms with E-state index in [1.54, 1.807) is 0 Å². The van der Waals surface area contributed by atoms with Crippen molar-refractivity contribution in [3.63, 3.8) is 0 Å². The molecular formula is C20H23Cl2N3O. The van der Waals surface area contributed by atoms with Crippen LogP contribution in [0.25, 0.3) is 0 Å². The minimum Gasteiger partial charge on any atom is -0.335 e. The maximum Gasteiger partial charge on any atom is 0.315 e. The van der Waals surface area contributed by atoms with E-state index in [4.69, 9.17) is 23.2 Å². The van der Waals surface area contributed by atoms with E-state index < -0.39 is 0 Å². The van der Waals surface area contributed by atoms with Gasteiger partial charge in [0.15, 0.2) is 0 Å². The lowest BCUT2D eigenvalue weighted by Crippen LogP contribution is -2.47. The molecule has 4 nitrogen and oxygen atoms in total. The summed E-state index contributed by atoms with van der Waals surface area (Å²) in [6.07, 6.45) is 1.92. The quantitative estimate of drug-likeness (QED) is 0.789. The molecule has 0 saturated carbocycles. The van der Waals surface area contributed by atoms with Crippen molar-refractivity contribution >= 4 is 29.2 Å². The number of hydrogen-bond donors (Lipinski definition) is 2. The molecule has 0 spiro atoms. The number of amides is 2. The molecule has 0 aromatic heterocycles. The molecule has 138 valence electrons. The van der Waals surface area contributed by atoms with Crippen molar-refractivity contribution < 1.29 is 4.79 Å². The second-order valence-electron chi connectivity index (χ2n) is 6.63. The highest BCUT2D eigenvalue weighted by Gasteiger charge is 2.20. The zero-order valence-electron chi connectivity index (χ0n) is 14.6. The van der Waals surface area contributed by atoms with Gasteiger partial charge in [-0.05, 0) is 48.2 Å². The van der Waals surface area contributed by atoms with Gasteiger partial charge in [0.05, 0.1) is 0 Å². The molecule has 1 fully saturated rings. The molecule has 2 aromatic carbocycles. The largest absolute Gasteiger partial charge is 0.335 e. The first kappa shape index (κ1) is 19.0. The summed E-state index contributed by atoms with van der Waals surface area (Å²) >= 11 is 11.8. The Morgan fingerprint density at radius 3 is 2.04 bits per heavy atom. The zero-order chi connectivity index (χ0) is 18.4. The topological polar surface area (TPSA) is 44.4 Å². The van der Waals surface area contributed by atoms with Gasteiger partial charge in [0.25, 0.3) is 0 Å². The predicted octanol–water partition coefficient (Wildman–Crippen LogP) is 4.46. The fourth-order valence-corrected chi connectivity index (χ4v) is 3.36. The Labute approximate surface area is 164 Å². The smallest absolute Gasteiger partial charge is 0.315 e. The minimum atomic E-state index is -0.115. The van der Waals surface area contributed by atoms with Gasteiger partial charge in [-0.1, -0.05) is 47.5 Å². The number of nitrogens with zero attached hydrogens (tertiary/aromatic N) is 1. The zero-order valence-corrected chi connectivity index (χ0v) is 16.1. The lowest BCUT2D eigenvalue weighted by Gasteiger charge is -2.32. The van der Waals surface area contributed by atoms with Gasteiger partial charge in [0, 0.05) is 42.3 Å². The van der Waals surface area contributed by atoms with Crippen molar-refractivity contribution in [3.8, 4) is 0 Å². The first-order valence-electron chi connectivity index (χ1n) is 8.84. The lowest BCUT2D eigenvalue weighted by atomic mass is 10.0. The molecule has 2 aromatic rings. The summed E-state index contributed by atoms with van der Waals surface area (Å²) in [4.78, 5) is 14.5. The molecule has 26 heavy (non-hydrogen) atoms. The van der Waals surface area contributed by atoms with E-state index in [0.717, 1.165) is 43.1 Å². The predicted molar refractivity (Wildman–Crippen MR) is 107 cm³/mol. The van der Waals surface area contributed by atoms with E-state index in [1.807, 2.05) is 36.4 Å². The van der Waals surface area contributed by atoms with Crippen LogP contribution in [0.3, 0.4) is 0 Å². The maximum absolute atomic E-state index is 12.1. The number of piperidine rings is 1.